The number of aryl methyl sites for hydroxylation is 1. The molecule has 0 spiro atoms. The van der Waals surface area contributed by atoms with E-state index >= 15 is 0 Å². The predicted octanol–water partition coefficient (Wildman–Crippen LogP) is 4.73. The number of methoxy groups -OCH3 is 1. The summed E-state index contributed by atoms with van der Waals surface area (Å²) in [7, 11) is 3.39. The Kier molecular flexibility index (Phi) is 6.77. The summed E-state index contributed by atoms with van der Waals surface area (Å²) in [6.07, 6.45) is 5.20. The lowest BCUT2D eigenvalue weighted by atomic mass is 9.88. The molecule has 1 aromatic heterocycles. The number of hydrogen-bond donors (Lipinski definition) is 0. The van der Waals surface area contributed by atoms with E-state index in [0.717, 1.165) is 34.7 Å². The Hall–Kier alpha value is -3.61. The summed E-state index contributed by atoms with van der Waals surface area (Å²) in [5.74, 6) is 0.846. The molecular weight excluding hydrogens is 416 g/mol. The Labute approximate surface area is 194 Å². The molecule has 0 bridgehead atoms. The summed E-state index contributed by atoms with van der Waals surface area (Å²) in [5, 5.41) is 4.31. The molecular formula is C26H30N4O3. The minimum absolute atomic E-state index is 0.0527. The van der Waals surface area contributed by atoms with Crippen molar-refractivity contribution in [2.75, 3.05) is 32.1 Å². The van der Waals surface area contributed by atoms with Crippen molar-refractivity contribution in [2.45, 2.75) is 26.3 Å². The van der Waals surface area contributed by atoms with Crippen LogP contribution in [0.5, 0.6) is 5.75 Å². The van der Waals surface area contributed by atoms with E-state index in [2.05, 4.69) is 12.0 Å². The molecule has 7 heteroatoms. The highest BCUT2D eigenvalue weighted by molar-refractivity contribution is 5.98. The molecule has 33 heavy (non-hydrogen) atoms. The molecule has 0 atom stereocenters. The average molecular weight is 447 g/mol. The topological polar surface area (TPSA) is 67.7 Å². The van der Waals surface area contributed by atoms with Gasteiger partial charge in [-0.1, -0.05) is 24.3 Å². The van der Waals surface area contributed by atoms with Crippen molar-refractivity contribution >= 4 is 17.5 Å². The van der Waals surface area contributed by atoms with Gasteiger partial charge in [0.2, 0.25) is 0 Å². The summed E-state index contributed by atoms with van der Waals surface area (Å²) in [6, 6.07) is 15.1. The van der Waals surface area contributed by atoms with Gasteiger partial charge in [0, 0.05) is 55.6 Å². The van der Waals surface area contributed by atoms with E-state index in [1.807, 2.05) is 70.5 Å². The maximum absolute atomic E-state index is 13.0. The highest BCUT2D eigenvalue weighted by Crippen LogP contribution is 2.26. The van der Waals surface area contributed by atoms with Crippen molar-refractivity contribution in [3.05, 3.63) is 66.5 Å². The van der Waals surface area contributed by atoms with Crippen LogP contribution in [-0.2, 0) is 6.54 Å². The number of benzene rings is 2. The van der Waals surface area contributed by atoms with E-state index in [1.54, 1.807) is 19.1 Å². The lowest BCUT2D eigenvalue weighted by Gasteiger charge is -2.34. The SMILES string of the molecule is CCn1cc(-c2ccc(C(=O)C3CCN(C(=O)N(C)c4ccc(OC)cc4)CC3)cc2)cn1. The van der Waals surface area contributed by atoms with Crippen molar-refractivity contribution in [1.29, 1.82) is 0 Å². The zero-order valence-electron chi connectivity index (χ0n) is 19.4. The van der Waals surface area contributed by atoms with Gasteiger partial charge >= 0.3 is 6.03 Å². The quantitative estimate of drug-likeness (QED) is 0.514. The number of Topliss-reactive ketones (excluding diaryl/α,β-unsaturated/α-hetero) is 1. The fourth-order valence-corrected chi connectivity index (χ4v) is 4.21. The molecule has 2 aromatic carbocycles. The third-order valence-electron chi connectivity index (χ3n) is 6.34. The molecule has 0 N–H and O–H groups in total. The number of anilines is 1. The second kappa shape index (κ2) is 9.90. The summed E-state index contributed by atoms with van der Waals surface area (Å²) in [4.78, 5) is 29.4. The summed E-state index contributed by atoms with van der Waals surface area (Å²) in [6.45, 7) is 4.02. The van der Waals surface area contributed by atoms with E-state index in [0.29, 0.717) is 25.9 Å². The maximum atomic E-state index is 13.0. The molecule has 0 radical (unpaired) electrons. The van der Waals surface area contributed by atoms with Crippen LogP contribution < -0.4 is 9.64 Å². The van der Waals surface area contributed by atoms with Crippen molar-refractivity contribution in [3.8, 4) is 16.9 Å². The number of likely N-dealkylation sites (tertiary alicyclic amines) is 1. The molecule has 1 fully saturated rings. The Bertz CT molecular complexity index is 1100. The standard InChI is InChI=1S/C26H30N4O3/c1-4-30-18-22(17-27-30)19-5-7-20(8-6-19)25(31)21-13-15-29(16-14-21)26(32)28(2)23-9-11-24(33-3)12-10-23/h5-12,17-18,21H,4,13-16H2,1-3H3. The second-order valence-electron chi connectivity index (χ2n) is 8.33. The molecule has 1 saturated heterocycles. The van der Waals surface area contributed by atoms with Gasteiger partial charge in [-0.15, -0.1) is 0 Å². The Balaban J connectivity index is 1.34. The number of aromatic nitrogens is 2. The van der Waals surface area contributed by atoms with Gasteiger partial charge in [0.15, 0.2) is 5.78 Å². The maximum Gasteiger partial charge on any atom is 0.324 e. The summed E-state index contributed by atoms with van der Waals surface area (Å²) >= 11 is 0. The minimum atomic E-state index is -0.0611. The normalized spacial score (nSPS) is 14.2. The van der Waals surface area contributed by atoms with Gasteiger partial charge in [0.1, 0.15) is 5.75 Å². The molecule has 0 aliphatic carbocycles. The summed E-state index contributed by atoms with van der Waals surface area (Å²) < 4.78 is 7.07. The van der Waals surface area contributed by atoms with E-state index in [-0.39, 0.29) is 17.7 Å². The highest BCUT2D eigenvalue weighted by Gasteiger charge is 2.29. The molecule has 1 aliphatic rings. The van der Waals surface area contributed by atoms with E-state index in [9.17, 15) is 9.59 Å². The molecule has 0 unspecified atom stereocenters. The van der Waals surface area contributed by atoms with Crippen LogP contribution >= 0.6 is 0 Å². The van der Waals surface area contributed by atoms with Crippen molar-refractivity contribution in [1.82, 2.24) is 14.7 Å². The number of amides is 2. The molecule has 2 heterocycles. The van der Waals surface area contributed by atoms with Crippen LogP contribution in [0.1, 0.15) is 30.1 Å². The van der Waals surface area contributed by atoms with Gasteiger partial charge in [0.25, 0.3) is 0 Å². The van der Waals surface area contributed by atoms with Crippen LogP contribution in [0, 0.1) is 5.92 Å². The number of hydrogen-bond acceptors (Lipinski definition) is 4. The lowest BCUT2D eigenvalue weighted by Crippen LogP contribution is -2.46. The lowest BCUT2D eigenvalue weighted by molar-refractivity contribution is 0.0857. The first-order valence-electron chi connectivity index (χ1n) is 11.3. The van der Waals surface area contributed by atoms with Crippen molar-refractivity contribution in [2.24, 2.45) is 5.92 Å². The summed E-state index contributed by atoms with van der Waals surface area (Å²) in [5.41, 5.74) is 3.63. The number of ether oxygens (including phenoxy) is 1. The fraction of sp³-hybridized carbons (Fsp3) is 0.346. The first-order valence-corrected chi connectivity index (χ1v) is 11.3. The van der Waals surface area contributed by atoms with Crippen LogP contribution in [0.15, 0.2) is 60.9 Å². The molecule has 172 valence electrons. The van der Waals surface area contributed by atoms with Gasteiger partial charge < -0.3 is 9.64 Å². The largest absolute Gasteiger partial charge is 0.497 e. The molecule has 4 rings (SSSR count). The van der Waals surface area contributed by atoms with E-state index in [4.69, 9.17) is 4.74 Å². The van der Waals surface area contributed by atoms with Gasteiger partial charge in [-0.2, -0.15) is 5.10 Å². The van der Waals surface area contributed by atoms with Gasteiger partial charge in [-0.3, -0.25) is 14.4 Å². The fourth-order valence-electron chi connectivity index (χ4n) is 4.21. The molecule has 1 aliphatic heterocycles. The highest BCUT2D eigenvalue weighted by atomic mass is 16.5. The number of carbonyl (C=O) groups is 2. The van der Waals surface area contributed by atoms with Crippen molar-refractivity contribution in [3.63, 3.8) is 0 Å². The minimum Gasteiger partial charge on any atom is -0.497 e. The Morgan fingerprint density at radius 1 is 1.03 bits per heavy atom. The molecule has 2 amide bonds. The van der Waals surface area contributed by atoms with Gasteiger partial charge in [-0.05, 0) is 49.6 Å². The average Bonchev–Trinajstić information content (AvgIpc) is 3.37. The predicted molar refractivity (Wildman–Crippen MR) is 129 cm³/mol. The molecule has 0 saturated carbocycles. The van der Waals surface area contributed by atoms with Crippen molar-refractivity contribution < 1.29 is 14.3 Å². The monoisotopic (exact) mass is 446 g/mol. The third-order valence-corrected chi connectivity index (χ3v) is 6.34. The number of piperidine rings is 1. The number of carbonyl (C=O) groups excluding carboxylic acids is 2. The third kappa shape index (κ3) is 4.92. The number of nitrogens with zero attached hydrogens (tertiary/aromatic N) is 4. The molecule has 7 nitrogen and oxygen atoms in total. The first kappa shape index (κ1) is 22.6. The van der Waals surface area contributed by atoms with Crippen LogP contribution in [0.2, 0.25) is 0 Å². The van der Waals surface area contributed by atoms with E-state index in [1.165, 1.54) is 0 Å². The molecule has 3 aromatic rings. The second-order valence-corrected chi connectivity index (χ2v) is 8.33. The number of urea groups is 1. The first-order chi connectivity index (χ1) is 16.0. The van der Waals surface area contributed by atoms with Crippen LogP contribution in [0.4, 0.5) is 10.5 Å². The zero-order valence-corrected chi connectivity index (χ0v) is 19.4. The van der Waals surface area contributed by atoms with Gasteiger partial charge in [-0.25, -0.2) is 4.79 Å². The van der Waals surface area contributed by atoms with Crippen LogP contribution in [-0.4, -0.2) is 53.7 Å². The zero-order chi connectivity index (χ0) is 23.4. The smallest absolute Gasteiger partial charge is 0.324 e. The number of ketones is 1. The number of rotatable bonds is 6. The van der Waals surface area contributed by atoms with Crippen LogP contribution in [0.3, 0.4) is 0 Å². The Morgan fingerprint density at radius 3 is 2.27 bits per heavy atom. The van der Waals surface area contributed by atoms with E-state index < -0.39 is 0 Å². The van der Waals surface area contributed by atoms with Gasteiger partial charge in [0.05, 0.1) is 13.3 Å². The van der Waals surface area contributed by atoms with Crippen LogP contribution in [0.25, 0.3) is 11.1 Å². The Morgan fingerprint density at radius 2 is 1.70 bits per heavy atom.